The van der Waals surface area contributed by atoms with E-state index in [2.05, 4.69) is 38.3 Å². The first-order valence-corrected chi connectivity index (χ1v) is 15.2. The van der Waals surface area contributed by atoms with Crippen LogP contribution in [0.15, 0.2) is 47.5 Å². The van der Waals surface area contributed by atoms with Gasteiger partial charge in [-0.25, -0.2) is 8.42 Å². The molecule has 0 radical (unpaired) electrons. The number of anilines is 2. The fourth-order valence-corrected chi connectivity index (χ4v) is 7.49. The minimum atomic E-state index is -3.52. The molecule has 3 heterocycles. The van der Waals surface area contributed by atoms with E-state index in [-0.39, 0.29) is 5.91 Å². The van der Waals surface area contributed by atoms with Gasteiger partial charge < -0.3 is 20.1 Å². The molecule has 8 nitrogen and oxygen atoms in total. The summed E-state index contributed by atoms with van der Waals surface area (Å²) >= 11 is 0. The summed E-state index contributed by atoms with van der Waals surface area (Å²) in [7, 11) is -3.52. The highest BCUT2D eigenvalue weighted by Crippen LogP contribution is 2.47. The van der Waals surface area contributed by atoms with Crippen molar-refractivity contribution < 1.29 is 13.2 Å². The van der Waals surface area contributed by atoms with Crippen LogP contribution in [0.5, 0.6) is 0 Å². The molecule has 3 aromatic rings. The van der Waals surface area contributed by atoms with E-state index in [0.717, 1.165) is 91.7 Å². The molecule has 0 atom stereocenters. The van der Waals surface area contributed by atoms with Crippen LogP contribution in [0.2, 0.25) is 0 Å². The van der Waals surface area contributed by atoms with Gasteiger partial charge in [0.1, 0.15) is 5.54 Å². The van der Waals surface area contributed by atoms with E-state index in [1.165, 1.54) is 0 Å². The molecule has 1 aliphatic carbocycles. The highest BCUT2D eigenvalue weighted by Gasteiger charge is 2.52. The van der Waals surface area contributed by atoms with Crippen LogP contribution in [0.4, 0.5) is 11.4 Å². The van der Waals surface area contributed by atoms with E-state index < -0.39 is 15.6 Å². The van der Waals surface area contributed by atoms with E-state index in [0.29, 0.717) is 18.0 Å². The largest absolute Gasteiger partial charge is 0.369 e. The molecule has 2 aromatic carbocycles. The molecule has 1 amide bonds. The van der Waals surface area contributed by atoms with Crippen LogP contribution in [0.1, 0.15) is 43.2 Å². The number of carbonyl (C=O) groups is 1. The summed E-state index contributed by atoms with van der Waals surface area (Å²) in [6, 6.07) is 11.7. The zero-order valence-electron chi connectivity index (χ0n) is 22.3. The van der Waals surface area contributed by atoms with Gasteiger partial charge >= 0.3 is 0 Å². The van der Waals surface area contributed by atoms with Crippen molar-refractivity contribution in [1.82, 2.24) is 14.2 Å². The number of aromatic nitrogens is 1. The number of fused-ring (bicyclic) bond motifs is 1. The highest BCUT2D eigenvalue weighted by molar-refractivity contribution is 7.89. The van der Waals surface area contributed by atoms with Crippen LogP contribution in [-0.2, 0) is 20.4 Å². The van der Waals surface area contributed by atoms with Crippen molar-refractivity contribution in [1.29, 1.82) is 0 Å². The minimum Gasteiger partial charge on any atom is -0.369 e. The van der Waals surface area contributed by atoms with Crippen molar-refractivity contribution in [2.45, 2.75) is 56.4 Å². The third-order valence-corrected chi connectivity index (χ3v) is 10.4. The van der Waals surface area contributed by atoms with Crippen LogP contribution in [0.25, 0.3) is 10.9 Å². The molecule has 2 aliphatic heterocycles. The Bertz CT molecular complexity index is 1480. The minimum absolute atomic E-state index is 0.0139. The molecule has 9 heteroatoms. The number of rotatable bonds is 6. The van der Waals surface area contributed by atoms with Crippen molar-refractivity contribution >= 4 is 38.2 Å². The average Bonchev–Trinajstić information content (AvgIpc) is 3.69. The number of benzene rings is 2. The maximum atomic E-state index is 13.8. The molecule has 202 valence electrons. The lowest BCUT2D eigenvalue weighted by atomic mass is 10.1. The van der Waals surface area contributed by atoms with E-state index in [1.807, 2.05) is 26.1 Å². The number of hydrogen-bond donors (Lipinski definition) is 2. The highest BCUT2D eigenvalue weighted by atomic mass is 32.2. The monoisotopic (exact) mass is 535 g/mol. The summed E-state index contributed by atoms with van der Waals surface area (Å²) in [4.78, 5) is 16.4. The summed E-state index contributed by atoms with van der Waals surface area (Å²) in [5.74, 6) is -0.0139. The fourth-order valence-electron chi connectivity index (χ4n) is 5.94. The van der Waals surface area contributed by atoms with Crippen LogP contribution in [0.3, 0.4) is 0 Å². The number of amides is 1. The SMILES string of the molecule is Cc1ccc(N2CCNCC2)cc1NC(=O)C1(n2cc(C)c3cc(S(=O)(=O)N4CCCCC4)ccc32)CC1. The fraction of sp³-hybridized carbons (Fsp3) is 0.483. The van der Waals surface area contributed by atoms with Gasteiger partial charge in [0.2, 0.25) is 10.0 Å². The summed E-state index contributed by atoms with van der Waals surface area (Å²) in [5.41, 5.74) is 4.24. The standard InChI is InChI=1S/C29H37N5O3S/c1-21-6-7-23(32-16-12-30-13-17-32)18-26(21)31-28(35)29(10-11-29)34-20-22(2)25-19-24(8-9-27(25)34)38(36,37)33-14-4-3-5-15-33/h6-9,18-20,30H,3-5,10-17H2,1-2H3,(H,31,35). The number of sulfonamides is 1. The molecular formula is C29H37N5O3S. The van der Waals surface area contributed by atoms with Gasteiger partial charge in [-0.15, -0.1) is 0 Å². The number of carbonyl (C=O) groups excluding carboxylic acids is 1. The molecule has 1 saturated carbocycles. The smallest absolute Gasteiger partial charge is 0.250 e. The lowest BCUT2D eigenvalue weighted by Crippen LogP contribution is -2.43. The number of nitrogens with zero attached hydrogens (tertiary/aromatic N) is 3. The van der Waals surface area contributed by atoms with Gasteiger partial charge in [-0.05, 0) is 81.0 Å². The van der Waals surface area contributed by atoms with Crippen LogP contribution < -0.4 is 15.5 Å². The van der Waals surface area contributed by atoms with Gasteiger partial charge in [0.15, 0.2) is 0 Å². The van der Waals surface area contributed by atoms with Crippen LogP contribution in [0, 0.1) is 13.8 Å². The quantitative estimate of drug-likeness (QED) is 0.499. The predicted molar refractivity (Wildman–Crippen MR) is 151 cm³/mol. The Labute approximate surface area is 225 Å². The Hall–Kier alpha value is -2.88. The lowest BCUT2D eigenvalue weighted by Gasteiger charge is -2.30. The van der Waals surface area contributed by atoms with Crippen LogP contribution >= 0.6 is 0 Å². The van der Waals surface area contributed by atoms with E-state index in [9.17, 15) is 13.2 Å². The molecule has 6 rings (SSSR count). The molecule has 0 bridgehead atoms. The molecule has 3 fully saturated rings. The van der Waals surface area contributed by atoms with Crippen molar-refractivity contribution in [2.75, 3.05) is 49.5 Å². The first kappa shape index (κ1) is 25.4. The van der Waals surface area contributed by atoms with Crippen molar-refractivity contribution in [2.24, 2.45) is 0 Å². The Morgan fingerprint density at radius 2 is 1.66 bits per heavy atom. The maximum Gasteiger partial charge on any atom is 0.250 e. The van der Waals surface area contributed by atoms with Gasteiger partial charge in [0, 0.05) is 67.7 Å². The number of piperidine rings is 1. The summed E-state index contributed by atoms with van der Waals surface area (Å²) < 4.78 is 30.3. The van der Waals surface area contributed by atoms with Gasteiger partial charge in [-0.3, -0.25) is 4.79 Å². The van der Waals surface area contributed by atoms with Crippen molar-refractivity contribution in [3.05, 3.63) is 53.7 Å². The second-order valence-corrected chi connectivity index (χ2v) is 13.0. The summed E-state index contributed by atoms with van der Waals surface area (Å²) in [6.45, 7) is 8.99. The van der Waals surface area contributed by atoms with Gasteiger partial charge in [0.25, 0.3) is 5.91 Å². The molecule has 38 heavy (non-hydrogen) atoms. The predicted octanol–water partition coefficient (Wildman–Crippen LogP) is 3.97. The zero-order valence-corrected chi connectivity index (χ0v) is 23.1. The second kappa shape index (κ2) is 9.70. The second-order valence-electron chi connectivity index (χ2n) is 11.0. The molecule has 2 N–H and O–H groups in total. The first-order valence-electron chi connectivity index (χ1n) is 13.8. The maximum absolute atomic E-state index is 13.8. The Morgan fingerprint density at radius 3 is 2.37 bits per heavy atom. The number of piperazine rings is 1. The van der Waals surface area contributed by atoms with Gasteiger partial charge in [0.05, 0.1) is 4.90 Å². The number of nitrogens with one attached hydrogen (secondary N) is 2. The van der Waals surface area contributed by atoms with E-state index in [4.69, 9.17) is 0 Å². The zero-order chi connectivity index (χ0) is 26.5. The van der Waals surface area contributed by atoms with Crippen molar-refractivity contribution in [3.8, 4) is 0 Å². The molecule has 3 aliphatic rings. The molecule has 0 unspecified atom stereocenters. The third kappa shape index (κ3) is 4.40. The molecule has 2 saturated heterocycles. The first-order chi connectivity index (χ1) is 18.3. The topological polar surface area (TPSA) is 86.7 Å². The normalized spacial score (nSPS) is 20.0. The molecular weight excluding hydrogens is 498 g/mol. The molecule has 1 aromatic heterocycles. The Balaban J connectivity index is 1.28. The van der Waals surface area contributed by atoms with E-state index >= 15 is 0 Å². The summed E-state index contributed by atoms with van der Waals surface area (Å²) in [6.07, 6.45) is 6.42. The van der Waals surface area contributed by atoms with Gasteiger partial charge in [-0.2, -0.15) is 4.31 Å². The van der Waals surface area contributed by atoms with Crippen LogP contribution in [-0.4, -0.2) is 62.5 Å². The number of aryl methyl sites for hydroxylation is 2. The van der Waals surface area contributed by atoms with Gasteiger partial charge in [-0.1, -0.05) is 12.5 Å². The van der Waals surface area contributed by atoms with Crippen molar-refractivity contribution in [3.63, 3.8) is 0 Å². The summed E-state index contributed by atoms with van der Waals surface area (Å²) in [5, 5.41) is 7.51. The number of hydrogen-bond acceptors (Lipinski definition) is 5. The lowest BCUT2D eigenvalue weighted by molar-refractivity contribution is -0.120. The Kier molecular flexibility index (Phi) is 6.48. The third-order valence-electron chi connectivity index (χ3n) is 8.49. The molecule has 0 spiro atoms. The Morgan fingerprint density at radius 1 is 0.921 bits per heavy atom. The average molecular weight is 536 g/mol. The van der Waals surface area contributed by atoms with E-state index in [1.54, 1.807) is 16.4 Å².